The van der Waals surface area contributed by atoms with Crippen molar-refractivity contribution in [3.05, 3.63) is 53.7 Å². The minimum Gasteiger partial charge on any atom is -0.361 e. The normalized spacial score (nSPS) is 14.4. The van der Waals surface area contributed by atoms with Gasteiger partial charge in [-0.05, 0) is 62.3 Å². The van der Waals surface area contributed by atoms with E-state index in [2.05, 4.69) is 52.8 Å². The number of hydrogen-bond donors (Lipinski definition) is 0. The molecule has 0 radical (unpaired) electrons. The highest BCUT2D eigenvalue weighted by Gasteiger charge is 2.11. The van der Waals surface area contributed by atoms with Crippen molar-refractivity contribution < 1.29 is 4.74 Å². The molecule has 0 amide bonds. The summed E-state index contributed by atoms with van der Waals surface area (Å²) in [5.41, 5.74) is 4.17. The number of ether oxygens (including phenoxy) is 1. The predicted molar refractivity (Wildman–Crippen MR) is 102 cm³/mol. The van der Waals surface area contributed by atoms with Gasteiger partial charge in [-0.25, -0.2) is 4.98 Å². The molecule has 0 saturated heterocycles. The lowest BCUT2D eigenvalue weighted by molar-refractivity contribution is 0.0932. The van der Waals surface area contributed by atoms with E-state index in [-0.39, 0.29) is 0 Å². The van der Waals surface area contributed by atoms with Crippen LogP contribution >= 0.6 is 0 Å². The highest BCUT2D eigenvalue weighted by atomic mass is 16.5. The summed E-state index contributed by atoms with van der Waals surface area (Å²) in [7, 11) is 0. The van der Waals surface area contributed by atoms with Gasteiger partial charge in [-0.3, -0.25) is 0 Å². The molecule has 0 unspecified atom stereocenters. The number of para-hydroxylation sites is 1. The van der Waals surface area contributed by atoms with E-state index >= 15 is 0 Å². The molecule has 0 saturated carbocycles. The minimum atomic E-state index is 0.509. The van der Waals surface area contributed by atoms with Gasteiger partial charge in [-0.1, -0.05) is 30.2 Å². The molecule has 1 aliphatic rings. The fourth-order valence-corrected chi connectivity index (χ4v) is 3.39. The second-order valence-electron chi connectivity index (χ2n) is 6.36. The Labute approximate surface area is 148 Å². The molecular formula is C22H22N2O. The lowest BCUT2D eigenvalue weighted by Gasteiger charge is -2.06. The van der Waals surface area contributed by atoms with Gasteiger partial charge in [0.05, 0.1) is 5.52 Å². The molecule has 0 fully saturated rings. The topological polar surface area (TPSA) is 27.1 Å². The van der Waals surface area contributed by atoms with Gasteiger partial charge in [0.2, 0.25) is 0 Å². The lowest BCUT2D eigenvalue weighted by Crippen LogP contribution is -2.03. The zero-order valence-corrected chi connectivity index (χ0v) is 14.6. The Bertz CT molecular complexity index is 1000. The molecular weight excluding hydrogens is 308 g/mol. The zero-order valence-electron chi connectivity index (χ0n) is 14.6. The molecule has 4 rings (SSSR count). The molecule has 25 heavy (non-hydrogen) atoms. The number of benzene rings is 1. The number of aromatic nitrogens is 2. The highest BCUT2D eigenvalue weighted by molar-refractivity contribution is 6.06. The smallest absolute Gasteiger partial charge is 0.144 e. The van der Waals surface area contributed by atoms with Crippen LogP contribution in [0, 0.1) is 11.8 Å². The third-order valence-electron chi connectivity index (χ3n) is 4.68. The quantitative estimate of drug-likeness (QED) is 0.629. The van der Waals surface area contributed by atoms with Crippen LogP contribution in [0.3, 0.4) is 0 Å². The summed E-state index contributed by atoms with van der Waals surface area (Å²) in [6, 6.07) is 12.5. The van der Waals surface area contributed by atoms with Crippen molar-refractivity contribution in [2.75, 3.05) is 6.61 Å². The van der Waals surface area contributed by atoms with Gasteiger partial charge in [0.15, 0.2) is 0 Å². The van der Waals surface area contributed by atoms with E-state index in [4.69, 9.17) is 9.72 Å². The third kappa shape index (κ3) is 3.18. The van der Waals surface area contributed by atoms with Crippen LogP contribution in [-0.4, -0.2) is 16.2 Å². The highest BCUT2D eigenvalue weighted by Crippen LogP contribution is 2.28. The number of pyridine rings is 1. The number of hydrogen-bond acceptors (Lipinski definition) is 2. The summed E-state index contributed by atoms with van der Waals surface area (Å²) < 4.78 is 7.81. The molecule has 0 bridgehead atoms. The van der Waals surface area contributed by atoms with Gasteiger partial charge in [-0.2, -0.15) is 0 Å². The second-order valence-corrected chi connectivity index (χ2v) is 6.36. The van der Waals surface area contributed by atoms with Crippen LogP contribution in [0.4, 0.5) is 0 Å². The first-order valence-corrected chi connectivity index (χ1v) is 9.03. The molecule has 2 aromatic heterocycles. The van der Waals surface area contributed by atoms with Crippen molar-refractivity contribution in [2.45, 2.75) is 39.3 Å². The van der Waals surface area contributed by atoms with Crippen LogP contribution in [-0.2, 0) is 11.5 Å². The van der Waals surface area contributed by atoms with Crippen LogP contribution in [0.5, 0.6) is 0 Å². The Hall–Kier alpha value is -2.57. The van der Waals surface area contributed by atoms with Gasteiger partial charge < -0.3 is 9.30 Å². The Morgan fingerprint density at radius 3 is 2.84 bits per heavy atom. The molecule has 3 heteroatoms. The molecule has 0 aliphatic heterocycles. The summed E-state index contributed by atoms with van der Waals surface area (Å²) >= 11 is 0. The minimum absolute atomic E-state index is 0.509. The van der Waals surface area contributed by atoms with Gasteiger partial charge >= 0.3 is 0 Å². The number of nitrogens with zero attached hydrogens (tertiary/aromatic N) is 2. The Balaban J connectivity index is 1.80. The average Bonchev–Trinajstić information content (AvgIpc) is 2.98. The zero-order chi connectivity index (χ0) is 17.1. The van der Waals surface area contributed by atoms with Gasteiger partial charge in [-0.15, -0.1) is 0 Å². The van der Waals surface area contributed by atoms with E-state index < -0.39 is 0 Å². The summed E-state index contributed by atoms with van der Waals surface area (Å²) in [6.07, 6.45) is 7.04. The Morgan fingerprint density at radius 1 is 1.08 bits per heavy atom. The van der Waals surface area contributed by atoms with Crippen molar-refractivity contribution >= 4 is 21.9 Å². The molecule has 3 aromatic rings. The number of rotatable bonds is 3. The van der Waals surface area contributed by atoms with Gasteiger partial charge in [0, 0.05) is 17.4 Å². The molecule has 126 valence electrons. The SMILES string of the molecule is CCOCn1c2ccccc2c2ccc(C#CC3=CCCCC3)nc21. The Kier molecular flexibility index (Phi) is 4.54. The van der Waals surface area contributed by atoms with E-state index in [1.54, 1.807) is 0 Å². The molecule has 0 spiro atoms. The molecule has 2 heterocycles. The van der Waals surface area contributed by atoms with Crippen molar-refractivity contribution in [1.82, 2.24) is 9.55 Å². The van der Waals surface area contributed by atoms with Crippen molar-refractivity contribution in [2.24, 2.45) is 0 Å². The molecule has 0 atom stereocenters. The van der Waals surface area contributed by atoms with Gasteiger partial charge in [0.1, 0.15) is 18.1 Å². The molecule has 1 aromatic carbocycles. The Morgan fingerprint density at radius 2 is 2.00 bits per heavy atom. The first-order chi connectivity index (χ1) is 12.4. The summed E-state index contributed by atoms with van der Waals surface area (Å²) in [5.74, 6) is 6.56. The van der Waals surface area contributed by atoms with Gasteiger partial charge in [0.25, 0.3) is 0 Å². The molecule has 3 nitrogen and oxygen atoms in total. The monoisotopic (exact) mass is 330 g/mol. The third-order valence-corrected chi connectivity index (χ3v) is 4.68. The summed E-state index contributed by atoms with van der Waals surface area (Å²) in [4.78, 5) is 4.83. The van der Waals surface area contributed by atoms with Crippen LogP contribution in [0.25, 0.3) is 21.9 Å². The number of allylic oxidation sites excluding steroid dienone is 2. The van der Waals surface area contributed by atoms with Crippen LogP contribution < -0.4 is 0 Å². The standard InChI is InChI=1S/C22H22N2O/c1-2-25-16-24-21-11-7-6-10-19(21)20-15-14-18(23-22(20)24)13-12-17-8-4-3-5-9-17/h6-8,10-11,14-15H,2-5,9,16H2,1H3. The first-order valence-electron chi connectivity index (χ1n) is 9.03. The van der Waals surface area contributed by atoms with E-state index in [1.165, 1.54) is 23.8 Å². The second kappa shape index (κ2) is 7.13. The predicted octanol–water partition coefficient (Wildman–Crippen LogP) is 5.04. The maximum absolute atomic E-state index is 5.67. The molecule has 0 N–H and O–H groups in total. The first kappa shape index (κ1) is 15.9. The number of fused-ring (bicyclic) bond motifs is 3. The molecule has 1 aliphatic carbocycles. The maximum atomic E-state index is 5.67. The van der Waals surface area contributed by atoms with Crippen LogP contribution in [0.2, 0.25) is 0 Å². The summed E-state index contributed by atoms with van der Waals surface area (Å²) in [6.45, 7) is 3.20. The van der Waals surface area contributed by atoms with Crippen molar-refractivity contribution in [3.8, 4) is 11.8 Å². The van der Waals surface area contributed by atoms with Crippen molar-refractivity contribution in [1.29, 1.82) is 0 Å². The van der Waals surface area contributed by atoms with E-state index in [9.17, 15) is 0 Å². The fourth-order valence-electron chi connectivity index (χ4n) is 3.39. The fraction of sp³-hybridized carbons (Fsp3) is 0.318. The van der Waals surface area contributed by atoms with Crippen LogP contribution in [0.1, 0.15) is 38.3 Å². The van der Waals surface area contributed by atoms with E-state index in [0.29, 0.717) is 13.3 Å². The summed E-state index contributed by atoms with van der Waals surface area (Å²) in [5, 5.41) is 2.36. The van der Waals surface area contributed by atoms with E-state index in [1.807, 2.05) is 13.0 Å². The van der Waals surface area contributed by atoms with Crippen LogP contribution in [0.15, 0.2) is 48.0 Å². The lowest BCUT2D eigenvalue weighted by atomic mass is 10.00. The maximum Gasteiger partial charge on any atom is 0.144 e. The van der Waals surface area contributed by atoms with Crippen molar-refractivity contribution in [3.63, 3.8) is 0 Å². The van der Waals surface area contributed by atoms with E-state index in [0.717, 1.165) is 35.1 Å². The largest absolute Gasteiger partial charge is 0.361 e. The average molecular weight is 330 g/mol.